The van der Waals surface area contributed by atoms with Gasteiger partial charge in [-0.25, -0.2) is 0 Å². The minimum atomic E-state index is -0.467. The van der Waals surface area contributed by atoms with Gasteiger partial charge in [0.05, 0.1) is 0 Å². The molecule has 1 amide bonds. The summed E-state index contributed by atoms with van der Waals surface area (Å²) in [5, 5.41) is 10.0. The number of H-pyrrole nitrogens is 1. The summed E-state index contributed by atoms with van der Waals surface area (Å²) in [5.41, 5.74) is 9.07. The highest BCUT2D eigenvalue weighted by Gasteiger charge is 2.23. The standard InChI is InChI=1S/C15H18N4O/c1-9-13(14(16)20)15(19-18-9)17-8-10-3-2-4-12(7-10)11-5-6-11/h2-4,7,11H,5-6,8H2,1H3,(H2,16,20)(H2,17,18,19). The van der Waals surface area contributed by atoms with Crippen molar-refractivity contribution in [1.29, 1.82) is 0 Å². The first-order chi connectivity index (χ1) is 9.65. The lowest BCUT2D eigenvalue weighted by Gasteiger charge is -2.07. The summed E-state index contributed by atoms with van der Waals surface area (Å²) in [6, 6.07) is 8.54. The lowest BCUT2D eigenvalue weighted by molar-refractivity contribution is 0.100. The van der Waals surface area contributed by atoms with Crippen molar-refractivity contribution in [2.24, 2.45) is 5.73 Å². The van der Waals surface area contributed by atoms with Gasteiger partial charge in [0.1, 0.15) is 5.56 Å². The van der Waals surface area contributed by atoms with Gasteiger partial charge in [0.25, 0.3) is 5.91 Å². The number of carbonyl (C=O) groups is 1. The molecule has 5 heteroatoms. The predicted molar refractivity (Wildman–Crippen MR) is 77.6 cm³/mol. The molecule has 104 valence electrons. The second-order valence-electron chi connectivity index (χ2n) is 5.31. The summed E-state index contributed by atoms with van der Waals surface area (Å²) in [5.74, 6) is 0.793. The SMILES string of the molecule is Cc1[nH]nc(NCc2cccc(C3CC3)c2)c1C(N)=O. The number of benzene rings is 1. The van der Waals surface area contributed by atoms with Gasteiger partial charge in [0.15, 0.2) is 5.82 Å². The number of aromatic amines is 1. The molecule has 0 unspecified atom stereocenters. The van der Waals surface area contributed by atoms with Crippen LogP contribution in [0.15, 0.2) is 24.3 Å². The van der Waals surface area contributed by atoms with Gasteiger partial charge >= 0.3 is 0 Å². The molecule has 0 saturated heterocycles. The van der Waals surface area contributed by atoms with Crippen LogP contribution in [0.1, 0.15) is 45.9 Å². The molecule has 2 aromatic rings. The number of amides is 1. The third kappa shape index (κ3) is 2.52. The van der Waals surface area contributed by atoms with Gasteiger partial charge in [-0.15, -0.1) is 0 Å². The lowest BCUT2D eigenvalue weighted by atomic mass is 10.1. The topological polar surface area (TPSA) is 83.8 Å². The molecule has 5 nitrogen and oxygen atoms in total. The number of rotatable bonds is 5. The molecule has 0 spiro atoms. The molecular weight excluding hydrogens is 252 g/mol. The van der Waals surface area contributed by atoms with Gasteiger partial charge in [-0.05, 0) is 36.8 Å². The molecule has 3 rings (SSSR count). The molecular formula is C15H18N4O. The van der Waals surface area contributed by atoms with Crippen LogP contribution >= 0.6 is 0 Å². The summed E-state index contributed by atoms with van der Waals surface area (Å²) in [7, 11) is 0. The third-order valence-corrected chi connectivity index (χ3v) is 3.65. The van der Waals surface area contributed by atoms with Gasteiger partial charge in [0.2, 0.25) is 0 Å². The van der Waals surface area contributed by atoms with Gasteiger partial charge in [0, 0.05) is 12.2 Å². The van der Waals surface area contributed by atoms with Crippen LogP contribution < -0.4 is 11.1 Å². The van der Waals surface area contributed by atoms with Crippen molar-refractivity contribution < 1.29 is 4.79 Å². The quantitative estimate of drug-likeness (QED) is 0.779. The monoisotopic (exact) mass is 270 g/mol. The zero-order chi connectivity index (χ0) is 14.1. The second kappa shape index (κ2) is 5.00. The van der Waals surface area contributed by atoms with E-state index in [4.69, 9.17) is 5.73 Å². The van der Waals surface area contributed by atoms with Crippen LogP contribution in [0.5, 0.6) is 0 Å². The van der Waals surface area contributed by atoms with E-state index in [-0.39, 0.29) is 0 Å². The summed E-state index contributed by atoms with van der Waals surface area (Å²) >= 11 is 0. The Kier molecular flexibility index (Phi) is 3.18. The maximum atomic E-state index is 11.4. The molecule has 1 aromatic carbocycles. The number of nitrogens with two attached hydrogens (primary N) is 1. The van der Waals surface area contributed by atoms with Crippen LogP contribution in [0.25, 0.3) is 0 Å². The maximum absolute atomic E-state index is 11.4. The molecule has 1 heterocycles. The number of aromatic nitrogens is 2. The first kappa shape index (κ1) is 12.7. The number of hydrogen-bond donors (Lipinski definition) is 3. The normalized spacial score (nSPS) is 14.2. The van der Waals surface area contributed by atoms with E-state index in [1.165, 1.54) is 24.0 Å². The van der Waals surface area contributed by atoms with Crippen molar-refractivity contribution in [2.75, 3.05) is 5.32 Å². The number of nitrogens with one attached hydrogen (secondary N) is 2. The van der Waals surface area contributed by atoms with E-state index in [9.17, 15) is 4.79 Å². The van der Waals surface area contributed by atoms with Gasteiger partial charge in [-0.1, -0.05) is 24.3 Å². The number of anilines is 1. The van der Waals surface area contributed by atoms with Crippen molar-refractivity contribution in [1.82, 2.24) is 10.2 Å². The van der Waals surface area contributed by atoms with E-state index in [0.717, 1.165) is 5.92 Å². The highest BCUT2D eigenvalue weighted by atomic mass is 16.1. The summed E-state index contributed by atoms with van der Waals surface area (Å²) in [6.07, 6.45) is 2.59. The molecule has 4 N–H and O–H groups in total. The van der Waals surface area contributed by atoms with Crippen LogP contribution in [0.4, 0.5) is 5.82 Å². The van der Waals surface area contributed by atoms with Crippen LogP contribution in [0.3, 0.4) is 0 Å². The molecule has 1 aromatic heterocycles. The van der Waals surface area contributed by atoms with Crippen LogP contribution in [-0.2, 0) is 6.54 Å². The maximum Gasteiger partial charge on any atom is 0.254 e. The molecule has 20 heavy (non-hydrogen) atoms. The molecule has 1 aliphatic rings. The van der Waals surface area contributed by atoms with E-state index < -0.39 is 5.91 Å². The minimum absolute atomic E-state index is 0.434. The van der Waals surface area contributed by atoms with Crippen LogP contribution in [0.2, 0.25) is 0 Å². The Hall–Kier alpha value is -2.30. The summed E-state index contributed by atoms with van der Waals surface area (Å²) in [6.45, 7) is 2.41. The minimum Gasteiger partial charge on any atom is -0.365 e. The average molecular weight is 270 g/mol. The second-order valence-corrected chi connectivity index (χ2v) is 5.31. The van der Waals surface area contributed by atoms with Gasteiger partial charge < -0.3 is 11.1 Å². The zero-order valence-corrected chi connectivity index (χ0v) is 11.4. The van der Waals surface area contributed by atoms with E-state index >= 15 is 0 Å². The molecule has 0 atom stereocenters. The fourth-order valence-electron chi connectivity index (χ4n) is 2.42. The van der Waals surface area contributed by atoms with E-state index in [1.807, 2.05) is 0 Å². The first-order valence-corrected chi connectivity index (χ1v) is 6.82. The van der Waals surface area contributed by atoms with Crippen molar-refractivity contribution >= 4 is 11.7 Å². The van der Waals surface area contributed by atoms with Crippen LogP contribution in [-0.4, -0.2) is 16.1 Å². The first-order valence-electron chi connectivity index (χ1n) is 6.82. The fraction of sp³-hybridized carbons (Fsp3) is 0.333. The average Bonchev–Trinajstić information content (AvgIpc) is 3.20. The predicted octanol–water partition coefficient (Wildman–Crippen LogP) is 2.31. The number of aryl methyl sites for hydroxylation is 1. The fourth-order valence-corrected chi connectivity index (χ4v) is 2.42. The Labute approximate surface area is 117 Å². The van der Waals surface area contributed by atoms with Crippen molar-refractivity contribution in [2.45, 2.75) is 32.2 Å². The number of hydrogen-bond acceptors (Lipinski definition) is 3. The van der Waals surface area contributed by atoms with Gasteiger partial charge in [-0.3, -0.25) is 9.89 Å². The summed E-state index contributed by atoms with van der Waals surface area (Å²) in [4.78, 5) is 11.4. The molecule has 1 saturated carbocycles. The van der Waals surface area contributed by atoms with E-state index in [1.54, 1.807) is 6.92 Å². The highest BCUT2D eigenvalue weighted by Crippen LogP contribution is 2.40. The Bertz CT molecular complexity index is 643. The Morgan fingerprint density at radius 1 is 1.50 bits per heavy atom. The smallest absolute Gasteiger partial charge is 0.254 e. The lowest BCUT2D eigenvalue weighted by Crippen LogP contribution is -2.14. The largest absolute Gasteiger partial charge is 0.365 e. The van der Waals surface area contributed by atoms with E-state index in [2.05, 4.69) is 39.8 Å². The molecule has 1 aliphatic carbocycles. The van der Waals surface area contributed by atoms with Gasteiger partial charge in [-0.2, -0.15) is 5.10 Å². The van der Waals surface area contributed by atoms with E-state index in [0.29, 0.717) is 23.6 Å². The molecule has 0 radical (unpaired) electrons. The Balaban J connectivity index is 1.73. The number of carbonyl (C=O) groups excluding carboxylic acids is 1. The zero-order valence-electron chi connectivity index (χ0n) is 11.4. The molecule has 0 bridgehead atoms. The van der Waals surface area contributed by atoms with Crippen molar-refractivity contribution in [3.05, 3.63) is 46.6 Å². The molecule has 1 fully saturated rings. The Morgan fingerprint density at radius 2 is 2.30 bits per heavy atom. The Morgan fingerprint density at radius 3 is 3.00 bits per heavy atom. The number of nitrogens with zero attached hydrogens (tertiary/aromatic N) is 1. The van der Waals surface area contributed by atoms with Crippen molar-refractivity contribution in [3.8, 4) is 0 Å². The van der Waals surface area contributed by atoms with Crippen molar-refractivity contribution in [3.63, 3.8) is 0 Å². The molecule has 0 aliphatic heterocycles. The highest BCUT2D eigenvalue weighted by molar-refractivity contribution is 5.98. The van der Waals surface area contributed by atoms with Crippen LogP contribution in [0, 0.1) is 6.92 Å². The third-order valence-electron chi connectivity index (χ3n) is 3.65. The number of primary amides is 1. The summed E-state index contributed by atoms with van der Waals surface area (Å²) < 4.78 is 0.